The summed E-state index contributed by atoms with van der Waals surface area (Å²) >= 11 is 0. The van der Waals surface area contributed by atoms with Gasteiger partial charge in [0, 0.05) is 32.6 Å². The molecule has 0 radical (unpaired) electrons. The Kier molecular flexibility index (Phi) is 6.71. The first-order chi connectivity index (χ1) is 9.10. The van der Waals surface area contributed by atoms with Crippen LogP contribution in [0.25, 0.3) is 0 Å². The van der Waals surface area contributed by atoms with Crippen LogP contribution < -0.4 is 11.1 Å². The second-order valence-corrected chi connectivity index (χ2v) is 5.38. The van der Waals surface area contributed by atoms with Crippen molar-refractivity contribution < 1.29 is 14.3 Å². The number of ether oxygens (including phenoxy) is 1. The summed E-state index contributed by atoms with van der Waals surface area (Å²) in [7, 11) is 0. The Bertz CT molecular complexity index is 354. The molecule has 3 N–H and O–H groups in total. The number of nitrogens with zero attached hydrogens (tertiary/aromatic N) is 1. The van der Waals surface area contributed by atoms with Crippen LogP contribution in [0.5, 0.6) is 0 Å². The Morgan fingerprint density at radius 2 is 2.10 bits per heavy atom. The normalized spacial score (nSPS) is 29.7. The Morgan fingerprint density at radius 3 is 2.70 bits per heavy atom. The van der Waals surface area contributed by atoms with Gasteiger partial charge in [0.15, 0.2) is 0 Å². The van der Waals surface area contributed by atoms with Gasteiger partial charge in [0.05, 0.1) is 6.10 Å². The molecule has 2 aliphatic rings. The van der Waals surface area contributed by atoms with Gasteiger partial charge in [-0.1, -0.05) is 0 Å². The standard InChI is InChI=1S/C13H23N3O3.ClH/c1-9(17)15-10-3-2-6-16(8-10)13(18)12-5-4-11(7-14)19-12;/h10-12H,2-8,14H2,1H3,(H,15,17);1H/t10?,11-,12+;/m1./s1. The van der Waals surface area contributed by atoms with Crippen molar-refractivity contribution in [2.24, 2.45) is 5.73 Å². The topological polar surface area (TPSA) is 84.7 Å². The van der Waals surface area contributed by atoms with Crippen LogP contribution in [0.3, 0.4) is 0 Å². The van der Waals surface area contributed by atoms with E-state index in [9.17, 15) is 9.59 Å². The number of hydrogen-bond donors (Lipinski definition) is 2. The maximum Gasteiger partial charge on any atom is 0.251 e. The quantitative estimate of drug-likeness (QED) is 0.771. The molecule has 6 nitrogen and oxygen atoms in total. The highest BCUT2D eigenvalue weighted by atomic mass is 35.5. The van der Waals surface area contributed by atoms with Gasteiger partial charge >= 0.3 is 0 Å². The lowest BCUT2D eigenvalue weighted by atomic mass is 10.0. The second-order valence-electron chi connectivity index (χ2n) is 5.38. The minimum atomic E-state index is -0.343. The molecule has 7 heteroatoms. The number of nitrogens with one attached hydrogen (secondary N) is 1. The molecule has 2 aliphatic heterocycles. The molecule has 0 aromatic rings. The van der Waals surface area contributed by atoms with Crippen LogP contribution >= 0.6 is 12.4 Å². The van der Waals surface area contributed by atoms with E-state index in [1.807, 2.05) is 4.90 Å². The lowest BCUT2D eigenvalue weighted by molar-refractivity contribution is -0.144. The lowest BCUT2D eigenvalue weighted by Crippen LogP contribution is -2.51. The minimum absolute atomic E-state index is 0. The van der Waals surface area contributed by atoms with Gasteiger partial charge in [0.2, 0.25) is 5.91 Å². The number of piperidine rings is 1. The molecule has 2 heterocycles. The molecule has 0 saturated carbocycles. The first-order valence-corrected chi connectivity index (χ1v) is 7.01. The molecule has 0 spiro atoms. The number of halogens is 1. The molecule has 0 bridgehead atoms. The summed E-state index contributed by atoms with van der Waals surface area (Å²) in [4.78, 5) is 25.2. The van der Waals surface area contributed by atoms with Crippen molar-refractivity contribution in [3.63, 3.8) is 0 Å². The molecule has 0 aromatic carbocycles. The fourth-order valence-electron chi connectivity index (χ4n) is 2.85. The Morgan fingerprint density at radius 1 is 1.35 bits per heavy atom. The number of hydrogen-bond acceptors (Lipinski definition) is 4. The van der Waals surface area contributed by atoms with Crippen LogP contribution in [0.4, 0.5) is 0 Å². The average molecular weight is 306 g/mol. The van der Waals surface area contributed by atoms with Crippen LogP contribution in [-0.4, -0.2) is 54.6 Å². The van der Waals surface area contributed by atoms with Gasteiger partial charge < -0.3 is 20.7 Å². The van der Waals surface area contributed by atoms with Crippen LogP contribution in [0.15, 0.2) is 0 Å². The first kappa shape index (κ1) is 17.2. The molecule has 2 saturated heterocycles. The number of likely N-dealkylation sites (tertiary alicyclic amines) is 1. The van der Waals surface area contributed by atoms with Crippen LogP contribution in [-0.2, 0) is 14.3 Å². The van der Waals surface area contributed by atoms with E-state index in [2.05, 4.69) is 5.32 Å². The van der Waals surface area contributed by atoms with E-state index < -0.39 is 0 Å². The third-order valence-electron chi connectivity index (χ3n) is 3.79. The van der Waals surface area contributed by atoms with Crippen LogP contribution in [0.2, 0.25) is 0 Å². The van der Waals surface area contributed by atoms with Gasteiger partial charge in [-0.15, -0.1) is 12.4 Å². The predicted octanol–water partition coefficient (Wildman–Crippen LogP) is 0.0416. The molecule has 2 rings (SSSR count). The van der Waals surface area contributed by atoms with Crippen molar-refractivity contribution in [1.82, 2.24) is 10.2 Å². The third-order valence-corrected chi connectivity index (χ3v) is 3.79. The molecule has 0 aromatic heterocycles. The van der Waals surface area contributed by atoms with E-state index in [1.54, 1.807) is 0 Å². The van der Waals surface area contributed by atoms with E-state index in [0.717, 1.165) is 32.2 Å². The summed E-state index contributed by atoms with van der Waals surface area (Å²) in [5.41, 5.74) is 5.55. The van der Waals surface area contributed by atoms with Crippen LogP contribution in [0, 0.1) is 0 Å². The van der Waals surface area contributed by atoms with E-state index >= 15 is 0 Å². The molecule has 2 amide bonds. The highest BCUT2D eigenvalue weighted by Crippen LogP contribution is 2.22. The number of nitrogens with two attached hydrogens (primary N) is 1. The maximum atomic E-state index is 12.3. The number of rotatable bonds is 3. The average Bonchev–Trinajstić information content (AvgIpc) is 2.86. The Balaban J connectivity index is 0.00000200. The van der Waals surface area contributed by atoms with Crippen LogP contribution in [0.1, 0.15) is 32.6 Å². The minimum Gasteiger partial charge on any atom is -0.364 e. The summed E-state index contributed by atoms with van der Waals surface area (Å²) in [5.74, 6) is 0.00520. The monoisotopic (exact) mass is 305 g/mol. The van der Waals surface area contributed by atoms with Gasteiger partial charge in [0.25, 0.3) is 5.91 Å². The van der Waals surface area contributed by atoms with Crippen molar-refractivity contribution in [2.45, 2.75) is 50.9 Å². The molecule has 116 valence electrons. The van der Waals surface area contributed by atoms with E-state index in [-0.39, 0.29) is 42.5 Å². The molecule has 1 unspecified atom stereocenters. The summed E-state index contributed by atoms with van der Waals surface area (Å²) in [5, 5.41) is 2.88. The zero-order chi connectivity index (χ0) is 13.8. The fraction of sp³-hybridized carbons (Fsp3) is 0.846. The van der Waals surface area contributed by atoms with Crippen molar-refractivity contribution >= 4 is 24.2 Å². The molecule has 20 heavy (non-hydrogen) atoms. The number of carbonyl (C=O) groups excluding carboxylic acids is 2. The van der Waals surface area contributed by atoms with Crippen molar-refractivity contribution in [3.05, 3.63) is 0 Å². The molecular formula is C13H24ClN3O3. The van der Waals surface area contributed by atoms with E-state index in [1.165, 1.54) is 6.92 Å². The van der Waals surface area contributed by atoms with E-state index in [0.29, 0.717) is 13.1 Å². The largest absolute Gasteiger partial charge is 0.364 e. The maximum absolute atomic E-state index is 12.3. The lowest BCUT2D eigenvalue weighted by Gasteiger charge is -2.34. The summed E-state index contributed by atoms with van der Waals surface area (Å²) in [6, 6.07) is 0.0712. The molecule has 0 aliphatic carbocycles. The van der Waals surface area contributed by atoms with Gasteiger partial charge in [-0.3, -0.25) is 9.59 Å². The zero-order valence-electron chi connectivity index (χ0n) is 11.8. The van der Waals surface area contributed by atoms with Crippen molar-refractivity contribution in [1.29, 1.82) is 0 Å². The molecule has 2 fully saturated rings. The number of carbonyl (C=O) groups is 2. The Hall–Kier alpha value is -0.850. The smallest absolute Gasteiger partial charge is 0.251 e. The third kappa shape index (κ3) is 4.33. The summed E-state index contributed by atoms with van der Waals surface area (Å²) in [6.07, 6.45) is 3.14. The SMILES string of the molecule is CC(=O)NC1CCCN(C(=O)[C@@H]2CC[C@H](CN)O2)C1.Cl. The summed E-state index contributed by atoms with van der Waals surface area (Å²) < 4.78 is 5.64. The highest BCUT2D eigenvalue weighted by molar-refractivity contribution is 5.85. The molecular weight excluding hydrogens is 282 g/mol. The molecule has 3 atom stereocenters. The van der Waals surface area contributed by atoms with E-state index in [4.69, 9.17) is 10.5 Å². The first-order valence-electron chi connectivity index (χ1n) is 7.01. The van der Waals surface area contributed by atoms with Gasteiger partial charge in [-0.05, 0) is 25.7 Å². The van der Waals surface area contributed by atoms with Crippen molar-refractivity contribution in [3.8, 4) is 0 Å². The zero-order valence-corrected chi connectivity index (χ0v) is 12.7. The van der Waals surface area contributed by atoms with Gasteiger partial charge in [-0.25, -0.2) is 0 Å². The highest BCUT2D eigenvalue weighted by Gasteiger charge is 2.34. The Labute approximate surface area is 125 Å². The van der Waals surface area contributed by atoms with Gasteiger partial charge in [-0.2, -0.15) is 0 Å². The van der Waals surface area contributed by atoms with Crippen molar-refractivity contribution in [2.75, 3.05) is 19.6 Å². The summed E-state index contributed by atoms with van der Waals surface area (Å²) in [6.45, 7) is 3.32. The van der Waals surface area contributed by atoms with Gasteiger partial charge in [0.1, 0.15) is 6.10 Å². The predicted molar refractivity (Wildman–Crippen MR) is 77.6 cm³/mol. The number of amides is 2. The fourth-order valence-corrected chi connectivity index (χ4v) is 2.85. The second kappa shape index (κ2) is 7.81.